The SMILES string of the molecule is Cc1ccc(C(F)(F)F)cc1Nc1cc(-c2ccncc2)nc(NCCCN(C)C)n1. The number of aromatic nitrogens is 3. The summed E-state index contributed by atoms with van der Waals surface area (Å²) in [5.41, 5.74) is 1.77. The Morgan fingerprint density at radius 1 is 1.00 bits per heavy atom. The van der Waals surface area contributed by atoms with E-state index in [0.717, 1.165) is 30.7 Å². The second-order valence-electron chi connectivity index (χ2n) is 7.43. The topological polar surface area (TPSA) is 66.0 Å². The summed E-state index contributed by atoms with van der Waals surface area (Å²) >= 11 is 0. The van der Waals surface area contributed by atoms with E-state index in [1.54, 1.807) is 25.4 Å². The van der Waals surface area contributed by atoms with E-state index >= 15 is 0 Å². The smallest absolute Gasteiger partial charge is 0.354 e. The summed E-state index contributed by atoms with van der Waals surface area (Å²) in [5, 5.41) is 6.23. The van der Waals surface area contributed by atoms with Gasteiger partial charge in [-0.2, -0.15) is 18.2 Å². The molecule has 2 N–H and O–H groups in total. The van der Waals surface area contributed by atoms with Gasteiger partial charge in [-0.25, -0.2) is 4.98 Å². The Labute approximate surface area is 179 Å². The lowest BCUT2D eigenvalue weighted by molar-refractivity contribution is -0.137. The fourth-order valence-corrected chi connectivity index (χ4v) is 2.93. The first-order valence-corrected chi connectivity index (χ1v) is 9.85. The molecule has 2 heterocycles. The summed E-state index contributed by atoms with van der Waals surface area (Å²) in [4.78, 5) is 15.1. The van der Waals surface area contributed by atoms with Gasteiger partial charge < -0.3 is 15.5 Å². The molecule has 0 aliphatic heterocycles. The molecule has 3 rings (SSSR count). The van der Waals surface area contributed by atoms with Gasteiger partial charge in [0.05, 0.1) is 11.3 Å². The number of alkyl halides is 3. The molecule has 0 bridgehead atoms. The monoisotopic (exact) mass is 430 g/mol. The maximum Gasteiger partial charge on any atom is 0.416 e. The van der Waals surface area contributed by atoms with Crippen LogP contribution in [0.25, 0.3) is 11.3 Å². The molecule has 3 aromatic rings. The Morgan fingerprint density at radius 2 is 1.74 bits per heavy atom. The minimum atomic E-state index is -4.42. The van der Waals surface area contributed by atoms with Crippen molar-refractivity contribution in [3.63, 3.8) is 0 Å². The maximum atomic E-state index is 13.1. The number of hydrogen-bond acceptors (Lipinski definition) is 6. The fourth-order valence-electron chi connectivity index (χ4n) is 2.93. The Balaban J connectivity index is 1.91. The van der Waals surface area contributed by atoms with E-state index in [2.05, 4.69) is 30.5 Å². The number of halogens is 3. The van der Waals surface area contributed by atoms with Crippen molar-refractivity contribution in [1.29, 1.82) is 0 Å². The average Bonchev–Trinajstić information content (AvgIpc) is 2.72. The number of hydrogen-bond donors (Lipinski definition) is 2. The number of pyridine rings is 1. The summed E-state index contributed by atoms with van der Waals surface area (Å²) in [6.45, 7) is 3.32. The number of benzene rings is 1. The first kappa shape index (κ1) is 22.5. The van der Waals surface area contributed by atoms with Gasteiger partial charge in [0.1, 0.15) is 5.82 Å². The molecule has 164 valence electrons. The van der Waals surface area contributed by atoms with E-state index in [0.29, 0.717) is 35.3 Å². The van der Waals surface area contributed by atoms with E-state index in [9.17, 15) is 13.2 Å². The Kier molecular flexibility index (Phi) is 7.06. The van der Waals surface area contributed by atoms with Crippen LogP contribution in [0.4, 0.5) is 30.6 Å². The number of anilines is 3. The minimum Gasteiger partial charge on any atom is -0.354 e. The first-order valence-electron chi connectivity index (χ1n) is 9.85. The molecule has 1 aromatic carbocycles. The zero-order valence-electron chi connectivity index (χ0n) is 17.7. The predicted octanol–water partition coefficient (Wildman–Crippen LogP) is 4.97. The van der Waals surface area contributed by atoms with Crippen LogP contribution < -0.4 is 10.6 Å². The van der Waals surface area contributed by atoms with Crippen molar-refractivity contribution in [2.24, 2.45) is 0 Å². The van der Waals surface area contributed by atoms with E-state index in [-0.39, 0.29) is 0 Å². The summed E-state index contributed by atoms with van der Waals surface area (Å²) in [6, 6.07) is 8.94. The zero-order chi connectivity index (χ0) is 22.4. The lowest BCUT2D eigenvalue weighted by atomic mass is 10.1. The van der Waals surface area contributed by atoms with Gasteiger partial charge in [-0.05, 0) is 63.8 Å². The Bertz CT molecular complexity index is 1010. The number of aryl methyl sites for hydroxylation is 1. The van der Waals surface area contributed by atoms with Crippen molar-refractivity contribution >= 4 is 17.5 Å². The van der Waals surface area contributed by atoms with Crippen molar-refractivity contribution in [2.75, 3.05) is 37.8 Å². The molecular formula is C22H25F3N6. The quantitative estimate of drug-likeness (QED) is 0.492. The third kappa shape index (κ3) is 6.39. The third-order valence-electron chi connectivity index (χ3n) is 4.60. The van der Waals surface area contributed by atoms with Crippen molar-refractivity contribution < 1.29 is 13.2 Å². The highest BCUT2D eigenvalue weighted by molar-refractivity contribution is 5.68. The van der Waals surface area contributed by atoms with Crippen LogP contribution in [0.15, 0.2) is 48.8 Å². The molecule has 0 saturated carbocycles. The fraction of sp³-hybridized carbons (Fsp3) is 0.318. The molecule has 0 aliphatic carbocycles. The average molecular weight is 430 g/mol. The zero-order valence-corrected chi connectivity index (χ0v) is 17.7. The van der Waals surface area contributed by atoms with Crippen LogP contribution in [0.2, 0.25) is 0 Å². The van der Waals surface area contributed by atoms with Gasteiger partial charge in [-0.3, -0.25) is 4.98 Å². The molecule has 9 heteroatoms. The number of nitrogens with zero attached hydrogens (tertiary/aromatic N) is 4. The van der Waals surface area contributed by atoms with Crippen LogP contribution in [0, 0.1) is 6.92 Å². The van der Waals surface area contributed by atoms with Gasteiger partial charge in [0, 0.05) is 36.3 Å². The van der Waals surface area contributed by atoms with Crippen molar-refractivity contribution in [3.05, 3.63) is 59.9 Å². The van der Waals surface area contributed by atoms with Crippen LogP contribution >= 0.6 is 0 Å². The van der Waals surface area contributed by atoms with Crippen LogP contribution in [0.5, 0.6) is 0 Å². The lowest BCUT2D eigenvalue weighted by Gasteiger charge is -2.15. The van der Waals surface area contributed by atoms with Gasteiger partial charge in [-0.1, -0.05) is 6.07 Å². The highest BCUT2D eigenvalue weighted by atomic mass is 19.4. The number of rotatable bonds is 8. The molecule has 2 aromatic heterocycles. The molecule has 6 nitrogen and oxygen atoms in total. The van der Waals surface area contributed by atoms with Gasteiger partial charge in [-0.15, -0.1) is 0 Å². The van der Waals surface area contributed by atoms with Gasteiger partial charge in [0.25, 0.3) is 0 Å². The third-order valence-corrected chi connectivity index (χ3v) is 4.60. The first-order chi connectivity index (χ1) is 14.7. The van der Waals surface area contributed by atoms with E-state index in [4.69, 9.17) is 0 Å². The Hall–Kier alpha value is -3.20. The standard InChI is InChI=1S/C22H25F3N6/c1-15-5-6-17(22(23,24)25)13-18(15)28-20-14-19(16-7-10-26-11-8-16)29-21(30-20)27-9-4-12-31(2)3/h5-8,10-11,13-14H,4,9,12H2,1-3H3,(H2,27,28,29,30). The van der Waals surface area contributed by atoms with Crippen LogP contribution in [-0.4, -0.2) is 47.0 Å². The maximum absolute atomic E-state index is 13.1. The second kappa shape index (κ2) is 9.74. The molecule has 0 atom stereocenters. The molecule has 0 fully saturated rings. The summed E-state index contributed by atoms with van der Waals surface area (Å²) in [7, 11) is 4.00. The lowest BCUT2D eigenvalue weighted by Crippen LogP contribution is -2.17. The highest BCUT2D eigenvalue weighted by Gasteiger charge is 2.30. The molecule has 0 aliphatic rings. The largest absolute Gasteiger partial charge is 0.416 e. The molecular weight excluding hydrogens is 405 g/mol. The van der Waals surface area contributed by atoms with Crippen LogP contribution in [0.1, 0.15) is 17.5 Å². The highest BCUT2D eigenvalue weighted by Crippen LogP contribution is 2.33. The van der Waals surface area contributed by atoms with Gasteiger partial charge in [0.2, 0.25) is 5.95 Å². The van der Waals surface area contributed by atoms with E-state index < -0.39 is 11.7 Å². The summed E-state index contributed by atoms with van der Waals surface area (Å²) in [5.74, 6) is 0.805. The Morgan fingerprint density at radius 3 is 2.42 bits per heavy atom. The normalized spacial score (nSPS) is 11.6. The molecule has 0 saturated heterocycles. The second-order valence-corrected chi connectivity index (χ2v) is 7.43. The van der Waals surface area contributed by atoms with Crippen molar-refractivity contribution in [3.8, 4) is 11.3 Å². The molecule has 0 spiro atoms. The molecule has 0 amide bonds. The van der Waals surface area contributed by atoms with E-state index in [1.165, 1.54) is 6.07 Å². The van der Waals surface area contributed by atoms with Crippen molar-refractivity contribution in [1.82, 2.24) is 19.9 Å². The van der Waals surface area contributed by atoms with Gasteiger partial charge >= 0.3 is 6.18 Å². The van der Waals surface area contributed by atoms with E-state index in [1.807, 2.05) is 26.2 Å². The molecule has 0 unspecified atom stereocenters. The minimum absolute atomic E-state index is 0.341. The molecule has 0 radical (unpaired) electrons. The summed E-state index contributed by atoms with van der Waals surface area (Å²) < 4.78 is 39.4. The summed E-state index contributed by atoms with van der Waals surface area (Å²) in [6.07, 6.45) is -0.208. The van der Waals surface area contributed by atoms with Crippen LogP contribution in [0.3, 0.4) is 0 Å². The number of nitrogens with one attached hydrogen (secondary N) is 2. The van der Waals surface area contributed by atoms with Gasteiger partial charge in [0.15, 0.2) is 0 Å². The molecule has 31 heavy (non-hydrogen) atoms. The van der Waals surface area contributed by atoms with Crippen LogP contribution in [-0.2, 0) is 6.18 Å². The predicted molar refractivity (Wildman–Crippen MR) is 116 cm³/mol. The van der Waals surface area contributed by atoms with Crippen molar-refractivity contribution in [2.45, 2.75) is 19.5 Å².